The highest BCUT2D eigenvalue weighted by Gasteiger charge is 2.15. The first-order valence-corrected chi connectivity index (χ1v) is 8.15. The molecule has 0 radical (unpaired) electrons. The van der Waals surface area contributed by atoms with E-state index in [0.29, 0.717) is 22.2 Å². The van der Waals surface area contributed by atoms with Gasteiger partial charge in [0.1, 0.15) is 18.1 Å². The van der Waals surface area contributed by atoms with Gasteiger partial charge in [-0.05, 0) is 18.2 Å². The van der Waals surface area contributed by atoms with Crippen LogP contribution >= 0.6 is 11.6 Å². The fraction of sp³-hybridized carbons (Fsp3) is 0.278. The lowest BCUT2D eigenvalue weighted by Crippen LogP contribution is -2.34. The van der Waals surface area contributed by atoms with E-state index in [0.717, 1.165) is 0 Å². The molecule has 6 nitrogen and oxygen atoms in total. The second-order valence-electron chi connectivity index (χ2n) is 5.32. The average Bonchev–Trinajstić information content (AvgIpc) is 2.63. The number of likely N-dealkylation sites (N-methyl/N-ethyl adjacent to an activating group) is 1. The number of nitrogens with one attached hydrogen (secondary N) is 1. The number of hydrogen-bond acceptors (Lipinski definition) is 4. The number of ether oxygens (including phenoxy) is 3. The van der Waals surface area contributed by atoms with Crippen molar-refractivity contribution in [2.75, 3.05) is 39.7 Å². The number of methoxy groups -OCH3 is 2. The van der Waals surface area contributed by atoms with Crippen molar-refractivity contribution < 1.29 is 23.4 Å². The van der Waals surface area contributed by atoms with E-state index in [1.807, 2.05) is 0 Å². The molecule has 0 bridgehead atoms. The topological polar surface area (TPSA) is 60.0 Å². The van der Waals surface area contributed by atoms with Gasteiger partial charge in [0.15, 0.2) is 11.6 Å². The quantitative estimate of drug-likeness (QED) is 0.785. The number of rotatable bonds is 7. The summed E-state index contributed by atoms with van der Waals surface area (Å²) in [6, 6.07) is 8.83. The van der Waals surface area contributed by atoms with Crippen molar-refractivity contribution in [1.29, 1.82) is 0 Å². The molecule has 0 fully saturated rings. The van der Waals surface area contributed by atoms with Crippen molar-refractivity contribution in [3.8, 4) is 17.2 Å². The minimum atomic E-state index is -0.447. The Bertz CT molecular complexity index is 773. The Kier molecular flexibility index (Phi) is 6.91. The molecule has 2 aromatic carbocycles. The van der Waals surface area contributed by atoms with Gasteiger partial charge in [0, 0.05) is 13.1 Å². The third-order valence-electron chi connectivity index (χ3n) is 3.58. The number of urea groups is 1. The van der Waals surface area contributed by atoms with Crippen LogP contribution < -0.4 is 19.5 Å². The number of anilines is 1. The maximum atomic E-state index is 13.5. The Morgan fingerprint density at radius 1 is 1.15 bits per heavy atom. The van der Waals surface area contributed by atoms with E-state index in [9.17, 15) is 9.18 Å². The van der Waals surface area contributed by atoms with Crippen LogP contribution in [-0.4, -0.2) is 45.3 Å². The highest BCUT2D eigenvalue weighted by atomic mass is 35.5. The molecule has 140 valence electrons. The predicted molar refractivity (Wildman–Crippen MR) is 98.1 cm³/mol. The molecular weight excluding hydrogens is 363 g/mol. The number of carbonyl (C=O) groups excluding carboxylic acids is 1. The summed E-state index contributed by atoms with van der Waals surface area (Å²) in [6.07, 6.45) is 0. The first kappa shape index (κ1) is 19.7. The Labute approximate surface area is 156 Å². The molecule has 1 N–H and O–H groups in total. The van der Waals surface area contributed by atoms with Crippen LogP contribution in [0.2, 0.25) is 5.02 Å². The van der Waals surface area contributed by atoms with Crippen LogP contribution in [0.1, 0.15) is 0 Å². The summed E-state index contributed by atoms with van der Waals surface area (Å²) in [5.74, 6) is 0.547. The number of amides is 2. The standard InChI is InChI=1S/C18H20ClFN2O4/c1-22(8-9-26-15-7-5-4-6-13(15)20)18(23)21-14-10-12(19)16(24-2)11-17(14)25-3/h4-7,10-11H,8-9H2,1-3H3,(H,21,23). The molecule has 0 aromatic heterocycles. The van der Waals surface area contributed by atoms with Crippen LogP contribution in [0.15, 0.2) is 36.4 Å². The van der Waals surface area contributed by atoms with Crippen molar-refractivity contribution in [1.82, 2.24) is 4.90 Å². The van der Waals surface area contributed by atoms with Gasteiger partial charge in [0.05, 0.1) is 31.5 Å². The van der Waals surface area contributed by atoms with E-state index in [4.69, 9.17) is 25.8 Å². The van der Waals surface area contributed by atoms with Crippen LogP contribution in [0, 0.1) is 5.82 Å². The summed E-state index contributed by atoms with van der Waals surface area (Å²) < 4.78 is 29.2. The zero-order valence-electron chi connectivity index (χ0n) is 14.7. The normalized spacial score (nSPS) is 10.2. The van der Waals surface area contributed by atoms with E-state index in [1.165, 1.54) is 31.3 Å². The highest BCUT2D eigenvalue weighted by Crippen LogP contribution is 2.35. The number of nitrogens with zero attached hydrogens (tertiary/aromatic N) is 1. The first-order valence-electron chi connectivity index (χ1n) is 7.77. The van der Waals surface area contributed by atoms with Gasteiger partial charge in [-0.1, -0.05) is 23.7 Å². The lowest BCUT2D eigenvalue weighted by Gasteiger charge is -2.20. The molecule has 2 amide bonds. The summed E-state index contributed by atoms with van der Waals surface area (Å²) in [6.45, 7) is 0.401. The minimum Gasteiger partial charge on any atom is -0.495 e. The van der Waals surface area contributed by atoms with Crippen LogP contribution in [0.3, 0.4) is 0 Å². The van der Waals surface area contributed by atoms with Crippen molar-refractivity contribution in [3.05, 3.63) is 47.2 Å². The third-order valence-corrected chi connectivity index (χ3v) is 3.88. The zero-order chi connectivity index (χ0) is 19.1. The molecule has 0 saturated heterocycles. The van der Waals surface area contributed by atoms with Crippen molar-refractivity contribution in [3.63, 3.8) is 0 Å². The number of carbonyl (C=O) groups is 1. The Morgan fingerprint density at radius 3 is 2.50 bits per heavy atom. The largest absolute Gasteiger partial charge is 0.495 e. The molecule has 0 saturated carbocycles. The Balaban J connectivity index is 1.94. The average molecular weight is 383 g/mol. The highest BCUT2D eigenvalue weighted by molar-refractivity contribution is 6.32. The van der Waals surface area contributed by atoms with E-state index in [-0.39, 0.29) is 24.9 Å². The van der Waals surface area contributed by atoms with Gasteiger partial charge >= 0.3 is 6.03 Å². The summed E-state index contributed by atoms with van der Waals surface area (Å²) in [5.41, 5.74) is 0.408. The van der Waals surface area contributed by atoms with Crippen LogP contribution in [-0.2, 0) is 0 Å². The number of benzene rings is 2. The molecule has 2 rings (SSSR count). The molecule has 0 aliphatic carbocycles. The third kappa shape index (κ3) is 4.92. The molecule has 26 heavy (non-hydrogen) atoms. The summed E-state index contributed by atoms with van der Waals surface area (Å²) >= 11 is 6.09. The van der Waals surface area contributed by atoms with Gasteiger partial charge in [0.25, 0.3) is 0 Å². The lowest BCUT2D eigenvalue weighted by atomic mass is 10.2. The first-order chi connectivity index (χ1) is 12.5. The van der Waals surface area contributed by atoms with Gasteiger partial charge in [-0.25, -0.2) is 9.18 Å². The molecular formula is C18H20ClFN2O4. The predicted octanol–water partition coefficient (Wildman–Crippen LogP) is 4.04. The fourth-order valence-electron chi connectivity index (χ4n) is 2.12. The van der Waals surface area contributed by atoms with E-state index >= 15 is 0 Å². The van der Waals surface area contributed by atoms with Gasteiger partial charge in [0.2, 0.25) is 0 Å². The maximum absolute atomic E-state index is 13.5. The molecule has 0 aliphatic rings. The molecule has 8 heteroatoms. The van der Waals surface area contributed by atoms with Gasteiger partial charge < -0.3 is 24.4 Å². The Morgan fingerprint density at radius 2 is 1.85 bits per heavy atom. The van der Waals surface area contributed by atoms with Crippen LogP contribution in [0.25, 0.3) is 0 Å². The summed E-state index contributed by atoms with van der Waals surface area (Å²) in [5, 5.41) is 3.05. The molecule has 0 aliphatic heterocycles. The second-order valence-corrected chi connectivity index (χ2v) is 5.72. The number of halogens is 2. The van der Waals surface area contributed by atoms with E-state index in [1.54, 1.807) is 31.3 Å². The summed E-state index contributed by atoms with van der Waals surface area (Å²) in [7, 11) is 4.56. The van der Waals surface area contributed by atoms with Gasteiger partial charge in [-0.15, -0.1) is 0 Å². The molecule has 0 unspecified atom stereocenters. The van der Waals surface area contributed by atoms with Crippen LogP contribution in [0.4, 0.5) is 14.9 Å². The Hall–Kier alpha value is -2.67. The van der Waals surface area contributed by atoms with Gasteiger partial charge in [-0.3, -0.25) is 0 Å². The van der Waals surface area contributed by atoms with Crippen molar-refractivity contribution >= 4 is 23.3 Å². The summed E-state index contributed by atoms with van der Waals surface area (Å²) in [4.78, 5) is 13.7. The van der Waals surface area contributed by atoms with E-state index in [2.05, 4.69) is 5.32 Å². The van der Waals surface area contributed by atoms with E-state index < -0.39 is 5.82 Å². The minimum absolute atomic E-state index is 0.143. The molecule has 0 spiro atoms. The van der Waals surface area contributed by atoms with Crippen LogP contribution in [0.5, 0.6) is 17.2 Å². The zero-order valence-corrected chi connectivity index (χ0v) is 15.5. The van der Waals surface area contributed by atoms with Crippen molar-refractivity contribution in [2.24, 2.45) is 0 Å². The SMILES string of the molecule is COc1cc(OC)c(NC(=O)N(C)CCOc2ccccc2F)cc1Cl. The smallest absolute Gasteiger partial charge is 0.321 e. The molecule has 0 heterocycles. The molecule has 0 atom stereocenters. The maximum Gasteiger partial charge on any atom is 0.321 e. The fourth-order valence-corrected chi connectivity index (χ4v) is 2.37. The monoisotopic (exact) mass is 382 g/mol. The van der Waals surface area contributed by atoms with Gasteiger partial charge in [-0.2, -0.15) is 0 Å². The molecule has 2 aromatic rings. The number of para-hydroxylation sites is 1. The lowest BCUT2D eigenvalue weighted by molar-refractivity contribution is 0.206. The second kappa shape index (κ2) is 9.15. The number of hydrogen-bond donors (Lipinski definition) is 1. The van der Waals surface area contributed by atoms with Crippen molar-refractivity contribution in [2.45, 2.75) is 0 Å².